The van der Waals surface area contributed by atoms with Crippen LogP contribution in [0.25, 0.3) is 0 Å². The number of amides is 1. The number of rotatable bonds is 8. The van der Waals surface area contributed by atoms with Gasteiger partial charge >= 0.3 is 0 Å². The second-order valence-corrected chi connectivity index (χ2v) is 6.23. The van der Waals surface area contributed by atoms with Crippen molar-refractivity contribution in [1.82, 2.24) is 20.4 Å². The number of hydrogen-bond donors (Lipinski definition) is 1. The number of methoxy groups -OCH3 is 1. The molecule has 0 radical (unpaired) electrons. The number of nitrogens with one attached hydrogen (secondary N) is 1. The molecule has 0 bridgehead atoms. The molecule has 1 atom stereocenters. The van der Waals surface area contributed by atoms with E-state index in [4.69, 9.17) is 14.0 Å². The smallest absolute Gasteiger partial charge is 0.246 e. The predicted molar refractivity (Wildman–Crippen MR) is 92.9 cm³/mol. The zero-order valence-electron chi connectivity index (χ0n) is 14.9. The fourth-order valence-corrected chi connectivity index (χ4v) is 2.89. The predicted octanol–water partition coefficient (Wildman–Crippen LogP) is 1.12. The van der Waals surface area contributed by atoms with E-state index in [1.54, 1.807) is 7.11 Å². The Labute approximate surface area is 152 Å². The number of carbonyl (C=O) groups is 1. The van der Waals surface area contributed by atoms with Crippen LogP contribution in [0, 0.1) is 0 Å². The summed E-state index contributed by atoms with van der Waals surface area (Å²) in [6.45, 7) is 3.60. The van der Waals surface area contributed by atoms with E-state index in [-0.39, 0.29) is 25.2 Å². The summed E-state index contributed by atoms with van der Waals surface area (Å²) in [4.78, 5) is 18.6. The molecule has 0 saturated carbocycles. The highest BCUT2D eigenvalue weighted by Crippen LogP contribution is 2.12. The quantitative estimate of drug-likeness (QED) is 0.754. The van der Waals surface area contributed by atoms with Crippen LogP contribution in [0.2, 0.25) is 0 Å². The summed E-state index contributed by atoms with van der Waals surface area (Å²) in [6, 6.07) is 10.3. The van der Waals surface area contributed by atoms with Crippen LogP contribution in [-0.2, 0) is 34.0 Å². The molecule has 0 spiro atoms. The van der Waals surface area contributed by atoms with Crippen molar-refractivity contribution in [2.24, 2.45) is 0 Å². The van der Waals surface area contributed by atoms with Crippen LogP contribution in [0.4, 0.5) is 0 Å². The number of aromatic nitrogens is 2. The maximum atomic E-state index is 12.2. The maximum Gasteiger partial charge on any atom is 0.246 e. The lowest BCUT2D eigenvalue weighted by Gasteiger charge is -2.32. The summed E-state index contributed by atoms with van der Waals surface area (Å²) in [6.07, 6.45) is 0.198. The van der Waals surface area contributed by atoms with Crippen LogP contribution in [0.1, 0.15) is 23.7 Å². The van der Waals surface area contributed by atoms with E-state index in [0.717, 1.165) is 19.6 Å². The Bertz CT molecular complexity index is 692. The zero-order chi connectivity index (χ0) is 18.2. The van der Waals surface area contributed by atoms with Crippen molar-refractivity contribution in [1.29, 1.82) is 0 Å². The van der Waals surface area contributed by atoms with Crippen molar-refractivity contribution >= 4 is 5.91 Å². The van der Waals surface area contributed by atoms with Gasteiger partial charge in [0, 0.05) is 26.7 Å². The molecule has 8 heteroatoms. The van der Waals surface area contributed by atoms with Crippen LogP contribution in [0.3, 0.4) is 0 Å². The van der Waals surface area contributed by atoms with Gasteiger partial charge in [0.1, 0.15) is 6.61 Å². The lowest BCUT2D eigenvalue weighted by atomic mass is 10.1. The Kier molecular flexibility index (Phi) is 6.70. The number of benzene rings is 1. The number of ether oxygens (including phenoxy) is 2. The van der Waals surface area contributed by atoms with Crippen LogP contribution < -0.4 is 5.32 Å². The molecule has 140 valence electrons. The molecule has 1 unspecified atom stereocenters. The second-order valence-electron chi connectivity index (χ2n) is 6.23. The van der Waals surface area contributed by atoms with Gasteiger partial charge in [-0.15, -0.1) is 0 Å². The topological polar surface area (TPSA) is 89.7 Å². The molecule has 1 fully saturated rings. The molecule has 1 aromatic carbocycles. The third-order valence-corrected chi connectivity index (χ3v) is 4.11. The summed E-state index contributed by atoms with van der Waals surface area (Å²) in [5, 5.41) is 6.55. The molecular weight excluding hydrogens is 336 g/mol. The molecule has 1 saturated heterocycles. The van der Waals surface area contributed by atoms with Crippen LogP contribution in [-0.4, -0.2) is 53.9 Å². The molecule has 1 aliphatic heterocycles. The van der Waals surface area contributed by atoms with Gasteiger partial charge in [-0.1, -0.05) is 35.5 Å². The van der Waals surface area contributed by atoms with Gasteiger partial charge < -0.3 is 19.3 Å². The zero-order valence-corrected chi connectivity index (χ0v) is 14.9. The van der Waals surface area contributed by atoms with E-state index in [0.29, 0.717) is 24.7 Å². The number of hydrogen-bond acceptors (Lipinski definition) is 7. The molecule has 26 heavy (non-hydrogen) atoms. The first-order valence-electron chi connectivity index (χ1n) is 8.68. The average Bonchev–Trinajstić information content (AvgIpc) is 3.09. The van der Waals surface area contributed by atoms with Crippen molar-refractivity contribution in [2.45, 2.75) is 32.2 Å². The third kappa shape index (κ3) is 5.62. The second kappa shape index (κ2) is 9.42. The highest BCUT2D eigenvalue weighted by atomic mass is 16.5. The number of morpholine rings is 1. The molecule has 1 aliphatic rings. The van der Waals surface area contributed by atoms with Gasteiger partial charge in [-0.3, -0.25) is 9.69 Å². The maximum absolute atomic E-state index is 12.2. The van der Waals surface area contributed by atoms with Gasteiger partial charge in [0.15, 0.2) is 5.82 Å². The Balaban J connectivity index is 1.41. The summed E-state index contributed by atoms with van der Waals surface area (Å²) >= 11 is 0. The first-order valence-corrected chi connectivity index (χ1v) is 8.68. The number of carbonyl (C=O) groups excluding carboxylic acids is 1. The Morgan fingerprint density at radius 3 is 3.04 bits per heavy atom. The summed E-state index contributed by atoms with van der Waals surface area (Å²) in [5.74, 6) is 0.729. The largest absolute Gasteiger partial charge is 0.377 e. The van der Waals surface area contributed by atoms with Gasteiger partial charge in [-0.2, -0.15) is 4.98 Å². The summed E-state index contributed by atoms with van der Waals surface area (Å²) < 4.78 is 15.7. The Morgan fingerprint density at radius 2 is 2.23 bits per heavy atom. The fourth-order valence-electron chi connectivity index (χ4n) is 2.89. The highest BCUT2D eigenvalue weighted by molar-refractivity contribution is 5.76. The normalized spacial score (nSPS) is 18.0. The van der Waals surface area contributed by atoms with E-state index in [1.165, 1.54) is 5.56 Å². The first-order chi connectivity index (χ1) is 12.7. The molecule has 1 N–H and O–H groups in total. The highest BCUT2D eigenvalue weighted by Gasteiger charge is 2.23. The third-order valence-electron chi connectivity index (χ3n) is 4.11. The lowest BCUT2D eigenvalue weighted by Crippen LogP contribution is -2.44. The van der Waals surface area contributed by atoms with E-state index in [2.05, 4.69) is 32.5 Å². The van der Waals surface area contributed by atoms with Crippen molar-refractivity contribution < 1.29 is 18.8 Å². The number of nitrogens with zero attached hydrogens (tertiary/aromatic N) is 3. The van der Waals surface area contributed by atoms with Gasteiger partial charge in [0.05, 0.1) is 25.7 Å². The van der Waals surface area contributed by atoms with Gasteiger partial charge in [0.25, 0.3) is 0 Å². The minimum Gasteiger partial charge on any atom is -0.377 e. The molecule has 0 aliphatic carbocycles. The molecule has 2 heterocycles. The SMILES string of the molecule is COCc1noc(CNC(=O)CC2CN(Cc3ccccc3)CCO2)n1. The Morgan fingerprint density at radius 1 is 1.38 bits per heavy atom. The minimum absolute atomic E-state index is 0.0944. The molecule has 8 nitrogen and oxygen atoms in total. The molecule has 1 amide bonds. The van der Waals surface area contributed by atoms with E-state index in [1.807, 2.05) is 18.2 Å². The van der Waals surface area contributed by atoms with Crippen molar-refractivity contribution in [2.75, 3.05) is 26.8 Å². The van der Waals surface area contributed by atoms with Crippen LogP contribution >= 0.6 is 0 Å². The minimum atomic E-state index is -0.112. The fraction of sp³-hybridized carbons (Fsp3) is 0.500. The van der Waals surface area contributed by atoms with Crippen LogP contribution in [0.15, 0.2) is 34.9 Å². The monoisotopic (exact) mass is 360 g/mol. The van der Waals surface area contributed by atoms with Gasteiger partial charge in [-0.25, -0.2) is 0 Å². The van der Waals surface area contributed by atoms with Crippen LogP contribution in [0.5, 0.6) is 0 Å². The van der Waals surface area contributed by atoms with E-state index in [9.17, 15) is 4.79 Å². The molecule has 3 rings (SSSR count). The average molecular weight is 360 g/mol. The first kappa shape index (κ1) is 18.5. The van der Waals surface area contributed by atoms with Crippen molar-refractivity contribution in [3.05, 3.63) is 47.6 Å². The molecular formula is C18H24N4O4. The van der Waals surface area contributed by atoms with E-state index < -0.39 is 0 Å². The molecule has 2 aromatic rings. The Hall–Kier alpha value is -2.29. The van der Waals surface area contributed by atoms with E-state index >= 15 is 0 Å². The van der Waals surface area contributed by atoms with Crippen molar-refractivity contribution in [3.63, 3.8) is 0 Å². The van der Waals surface area contributed by atoms with Gasteiger partial charge in [-0.05, 0) is 5.56 Å². The van der Waals surface area contributed by atoms with Crippen molar-refractivity contribution in [3.8, 4) is 0 Å². The molecule has 1 aromatic heterocycles. The standard InChI is InChI=1S/C18H24N4O4/c1-24-13-16-20-18(26-21-16)10-19-17(23)9-15-12-22(7-8-25-15)11-14-5-3-2-4-6-14/h2-6,15H,7-13H2,1H3,(H,19,23). The van der Waals surface area contributed by atoms with Gasteiger partial charge in [0.2, 0.25) is 11.8 Å². The summed E-state index contributed by atoms with van der Waals surface area (Å²) in [7, 11) is 1.56. The lowest BCUT2D eigenvalue weighted by molar-refractivity contribution is -0.126. The summed E-state index contributed by atoms with van der Waals surface area (Å²) in [5.41, 5.74) is 1.26.